The smallest absolute Gasteiger partial charge is 0.354 e. The summed E-state index contributed by atoms with van der Waals surface area (Å²) in [7, 11) is 0. The van der Waals surface area contributed by atoms with Gasteiger partial charge in [0.1, 0.15) is 5.69 Å². The summed E-state index contributed by atoms with van der Waals surface area (Å²) in [5, 5.41) is 0.888. The van der Waals surface area contributed by atoms with Gasteiger partial charge in [0.2, 0.25) is 0 Å². The van der Waals surface area contributed by atoms with E-state index in [1.165, 1.54) is 6.42 Å². The van der Waals surface area contributed by atoms with Gasteiger partial charge in [-0.25, -0.2) is 9.59 Å². The van der Waals surface area contributed by atoms with Crippen molar-refractivity contribution in [1.29, 1.82) is 0 Å². The fraction of sp³-hybridized carbons (Fsp3) is 0.500. The minimum absolute atomic E-state index is 0.0121. The van der Waals surface area contributed by atoms with Crippen molar-refractivity contribution in [2.45, 2.75) is 39.2 Å². The Kier molecular flexibility index (Phi) is 5.61. The first-order valence-electron chi connectivity index (χ1n) is 9.30. The van der Waals surface area contributed by atoms with Gasteiger partial charge in [0.05, 0.1) is 18.8 Å². The Morgan fingerprint density at radius 2 is 1.85 bits per heavy atom. The molecule has 1 saturated carbocycles. The van der Waals surface area contributed by atoms with E-state index in [4.69, 9.17) is 15.2 Å². The van der Waals surface area contributed by atoms with Crippen LogP contribution in [0.4, 0.5) is 0 Å². The van der Waals surface area contributed by atoms with Crippen molar-refractivity contribution in [3.8, 4) is 0 Å². The Bertz CT molecular complexity index is 807. The largest absolute Gasteiger partial charge is 0.462 e. The Labute approximate surface area is 153 Å². The molecule has 0 amide bonds. The first-order chi connectivity index (χ1) is 12.6. The van der Waals surface area contributed by atoms with Crippen molar-refractivity contribution in [3.05, 3.63) is 35.5 Å². The number of benzene rings is 1. The van der Waals surface area contributed by atoms with Gasteiger partial charge in [-0.05, 0) is 50.8 Å². The maximum absolute atomic E-state index is 12.5. The average Bonchev–Trinajstić information content (AvgIpc) is 2.96. The van der Waals surface area contributed by atoms with Crippen LogP contribution in [0.15, 0.2) is 24.3 Å². The summed E-state index contributed by atoms with van der Waals surface area (Å²) < 4.78 is 12.3. The number of aromatic nitrogens is 1. The van der Waals surface area contributed by atoms with Crippen LogP contribution in [-0.2, 0) is 9.47 Å². The van der Waals surface area contributed by atoms with Crippen molar-refractivity contribution in [3.63, 3.8) is 0 Å². The molecule has 0 spiro atoms. The molecule has 140 valence electrons. The molecule has 1 aliphatic carbocycles. The lowest BCUT2D eigenvalue weighted by Gasteiger charge is -2.35. The number of esters is 2. The molecule has 1 unspecified atom stereocenters. The molecule has 2 aromatic rings. The monoisotopic (exact) mass is 358 g/mol. The van der Waals surface area contributed by atoms with Gasteiger partial charge in [-0.3, -0.25) is 0 Å². The number of hydrogen-bond donors (Lipinski definition) is 1. The Morgan fingerprint density at radius 1 is 1.15 bits per heavy atom. The molecule has 1 aliphatic rings. The maximum Gasteiger partial charge on any atom is 0.354 e. The Balaban J connectivity index is 2.14. The highest BCUT2D eigenvalue weighted by Crippen LogP contribution is 2.39. The number of nitrogens with zero attached hydrogens (tertiary/aromatic N) is 1. The number of carbonyl (C=O) groups excluding carboxylic acids is 2. The van der Waals surface area contributed by atoms with Crippen LogP contribution in [0.3, 0.4) is 0 Å². The maximum atomic E-state index is 12.5. The third kappa shape index (κ3) is 3.33. The molecule has 0 bridgehead atoms. The van der Waals surface area contributed by atoms with Crippen molar-refractivity contribution >= 4 is 22.8 Å². The molecule has 3 rings (SSSR count). The number of hydrogen-bond acceptors (Lipinski definition) is 5. The summed E-state index contributed by atoms with van der Waals surface area (Å²) in [4.78, 5) is 24.7. The molecule has 1 atom stereocenters. The van der Waals surface area contributed by atoms with Crippen LogP contribution in [0.1, 0.15) is 60.0 Å². The molecule has 1 heterocycles. The van der Waals surface area contributed by atoms with Crippen LogP contribution in [0, 0.1) is 5.92 Å². The third-order valence-electron chi connectivity index (χ3n) is 5.10. The first kappa shape index (κ1) is 18.5. The summed E-state index contributed by atoms with van der Waals surface area (Å²) in [6.45, 7) is 4.63. The van der Waals surface area contributed by atoms with E-state index in [2.05, 4.69) is 0 Å². The quantitative estimate of drug-likeness (QED) is 0.768. The van der Waals surface area contributed by atoms with E-state index in [9.17, 15) is 9.59 Å². The van der Waals surface area contributed by atoms with Gasteiger partial charge in [0.15, 0.2) is 0 Å². The molecule has 6 nitrogen and oxygen atoms in total. The van der Waals surface area contributed by atoms with E-state index >= 15 is 0 Å². The molecular formula is C20H26N2O4. The van der Waals surface area contributed by atoms with E-state index < -0.39 is 0 Å². The standard InChI is InChI=1S/C20H26N2O4/c1-3-25-19(23)15-9-8-14-10-17(20(24)26-4-2)22(16(14)11-15)18(12-21)13-6-5-7-13/h8-11,13,18H,3-7,12,21H2,1-2H3. The van der Waals surface area contributed by atoms with E-state index in [1.807, 2.05) is 16.7 Å². The highest BCUT2D eigenvalue weighted by Gasteiger charge is 2.31. The third-order valence-corrected chi connectivity index (χ3v) is 5.10. The molecule has 0 radical (unpaired) electrons. The second-order valence-electron chi connectivity index (χ2n) is 6.61. The molecule has 1 fully saturated rings. The molecular weight excluding hydrogens is 332 g/mol. The lowest BCUT2D eigenvalue weighted by Crippen LogP contribution is -2.33. The number of rotatable bonds is 7. The van der Waals surface area contributed by atoms with Crippen LogP contribution in [0.5, 0.6) is 0 Å². The van der Waals surface area contributed by atoms with Gasteiger partial charge in [-0.15, -0.1) is 0 Å². The number of nitrogens with two attached hydrogens (primary N) is 1. The van der Waals surface area contributed by atoms with Crippen LogP contribution in [0.2, 0.25) is 0 Å². The summed E-state index contributed by atoms with van der Waals surface area (Å²) in [6.07, 6.45) is 3.38. The first-order valence-corrected chi connectivity index (χ1v) is 9.30. The molecule has 0 aliphatic heterocycles. The number of carbonyl (C=O) groups is 2. The fourth-order valence-electron chi connectivity index (χ4n) is 3.62. The minimum atomic E-state index is -0.368. The highest BCUT2D eigenvalue weighted by atomic mass is 16.5. The number of ether oxygens (including phenoxy) is 2. The van der Waals surface area contributed by atoms with Crippen molar-refractivity contribution < 1.29 is 19.1 Å². The molecule has 0 saturated heterocycles. The van der Waals surface area contributed by atoms with E-state index in [1.54, 1.807) is 26.0 Å². The predicted octanol–water partition coefficient (Wildman–Crippen LogP) is 3.29. The Hall–Kier alpha value is -2.34. The Morgan fingerprint density at radius 3 is 2.42 bits per heavy atom. The fourth-order valence-corrected chi connectivity index (χ4v) is 3.62. The predicted molar refractivity (Wildman–Crippen MR) is 99.3 cm³/mol. The molecule has 1 aromatic heterocycles. The molecule has 6 heteroatoms. The lowest BCUT2D eigenvalue weighted by molar-refractivity contribution is 0.0504. The SMILES string of the molecule is CCOC(=O)c1ccc2cc(C(=O)OCC)n(C(CN)C3CCC3)c2c1. The summed E-state index contributed by atoms with van der Waals surface area (Å²) in [6, 6.07) is 7.19. The van der Waals surface area contributed by atoms with Crippen LogP contribution >= 0.6 is 0 Å². The minimum Gasteiger partial charge on any atom is -0.462 e. The highest BCUT2D eigenvalue weighted by molar-refractivity contribution is 5.99. The zero-order chi connectivity index (χ0) is 18.7. The molecule has 26 heavy (non-hydrogen) atoms. The van der Waals surface area contributed by atoms with Gasteiger partial charge in [0, 0.05) is 23.5 Å². The van der Waals surface area contributed by atoms with Crippen molar-refractivity contribution in [2.24, 2.45) is 11.7 Å². The van der Waals surface area contributed by atoms with E-state index in [0.29, 0.717) is 36.9 Å². The van der Waals surface area contributed by atoms with E-state index in [0.717, 1.165) is 23.7 Å². The summed E-state index contributed by atoms with van der Waals surface area (Å²) in [5.41, 5.74) is 7.87. The van der Waals surface area contributed by atoms with Gasteiger partial charge >= 0.3 is 11.9 Å². The second kappa shape index (κ2) is 7.91. The van der Waals surface area contributed by atoms with Crippen molar-refractivity contribution in [1.82, 2.24) is 4.57 Å². The summed E-state index contributed by atoms with van der Waals surface area (Å²) >= 11 is 0. The van der Waals surface area contributed by atoms with Gasteiger partial charge in [-0.1, -0.05) is 12.5 Å². The topological polar surface area (TPSA) is 83.6 Å². The van der Waals surface area contributed by atoms with Gasteiger partial charge in [-0.2, -0.15) is 0 Å². The second-order valence-corrected chi connectivity index (χ2v) is 6.61. The van der Waals surface area contributed by atoms with Crippen LogP contribution in [-0.4, -0.2) is 36.3 Å². The molecule has 2 N–H and O–H groups in total. The van der Waals surface area contributed by atoms with Crippen molar-refractivity contribution in [2.75, 3.05) is 19.8 Å². The lowest BCUT2D eigenvalue weighted by atomic mass is 9.79. The van der Waals surface area contributed by atoms with Gasteiger partial charge < -0.3 is 19.8 Å². The zero-order valence-corrected chi connectivity index (χ0v) is 15.4. The zero-order valence-electron chi connectivity index (χ0n) is 15.4. The summed E-state index contributed by atoms with van der Waals surface area (Å²) in [5.74, 6) is -0.290. The van der Waals surface area contributed by atoms with E-state index in [-0.39, 0.29) is 18.0 Å². The van der Waals surface area contributed by atoms with Gasteiger partial charge in [0.25, 0.3) is 0 Å². The normalized spacial score (nSPS) is 15.5. The van der Waals surface area contributed by atoms with Crippen LogP contribution < -0.4 is 5.73 Å². The number of fused-ring (bicyclic) bond motifs is 1. The van der Waals surface area contributed by atoms with Crippen LogP contribution in [0.25, 0.3) is 10.9 Å². The average molecular weight is 358 g/mol. The molecule has 1 aromatic carbocycles.